The van der Waals surface area contributed by atoms with Crippen LogP contribution in [0.15, 0.2) is 24.3 Å². The Bertz CT molecular complexity index is 877. The van der Waals surface area contributed by atoms with Crippen LogP contribution in [0.1, 0.15) is 13.3 Å². The predicted octanol–water partition coefficient (Wildman–Crippen LogP) is -0.139. The first-order valence-corrected chi connectivity index (χ1v) is 10.3. The van der Waals surface area contributed by atoms with Crippen LogP contribution in [0.25, 0.3) is 11.6 Å². The Morgan fingerprint density at radius 3 is 2.76 bits per heavy atom. The number of carbonyl (C=O) groups is 1. The van der Waals surface area contributed by atoms with Crippen molar-refractivity contribution in [2.24, 2.45) is 5.92 Å². The van der Waals surface area contributed by atoms with E-state index in [2.05, 4.69) is 23.1 Å². The summed E-state index contributed by atoms with van der Waals surface area (Å²) in [5.74, 6) is -0.997. The Morgan fingerprint density at radius 1 is 1.32 bits per heavy atom. The molecule has 0 spiro atoms. The Hall–Kier alpha value is -1.70. The molecule has 0 aromatic heterocycles. The maximum atomic E-state index is 12.3. The topological polar surface area (TPSA) is 72.9 Å². The molecule has 2 atom stereocenters. The van der Waals surface area contributed by atoms with Crippen LogP contribution < -0.4 is 10.4 Å². The van der Waals surface area contributed by atoms with Gasteiger partial charge < -0.3 is 4.74 Å². The molecule has 0 N–H and O–H groups in total. The highest BCUT2D eigenvalue weighted by atomic mass is 32.2. The monoisotopic (exact) mass is 365 g/mol. The lowest BCUT2D eigenvalue weighted by atomic mass is 9.93. The van der Waals surface area contributed by atoms with E-state index in [1.54, 1.807) is 6.92 Å². The highest BCUT2D eigenvalue weighted by molar-refractivity contribution is 7.86. The molecule has 0 amide bonds. The average molecular weight is 365 g/mol. The fourth-order valence-electron chi connectivity index (χ4n) is 3.43. The molecular formula is C18H23NO5S. The Balaban J connectivity index is 1.72. The van der Waals surface area contributed by atoms with E-state index >= 15 is 0 Å². The smallest absolute Gasteiger partial charge is 0.312 e. The number of esters is 1. The molecule has 1 aromatic rings. The minimum atomic E-state index is -3.62. The predicted molar refractivity (Wildman–Crippen MR) is 94.5 cm³/mol. The number of rotatable bonds is 6. The van der Waals surface area contributed by atoms with Crippen molar-refractivity contribution in [3.05, 3.63) is 34.7 Å². The molecule has 1 saturated heterocycles. The van der Waals surface area contributed by atoms with Gasteiger partial charge in [-0.15, -0.1) is 0 Å². The maximum absolute atomic E-state index is 12.3. The van der Waals surface area contributed by atoms with Gasteiger partial charge in [0.15, 0.2) is 0 Å². The molecule has 2 aliphatic rings. The maximum Gasteiger partial charge on any atom is 0.312 e. The van der Waals surface area contributed by atoms with Crippen molar-refractivity contribution in [1.82, 2.24) is 4.90 Å². The van der Waals surface area contributed by atoms with Crippen molar-refractivity contribution in [3.63, 3.8) is 0 Å². The molecule has 1 aliphatic heterocycles. The number of fused-ring (bicyclic) bond motifs is 1. The summed E-state index contributed by atoms with van der Waals surface area (Å²) in [6.45, 7) is 3.84. The molecule has 6 nitrogen and oxygen atoms in total. The van der Waals surface area contributed by atoms with Crippen molar-refractivity contribution in [3.8, 4) is 0 Å². The molecule has 0 radical (unpaired) electrons. The number of benzene rings is 1. The molecule has 136 valence electrons. The zero-order valence-corrected chi connectivity index (χ0v) is 15.3. The summed E-state index contributed by atoms with van der Waals surface area (Å²) < 4.78 is 33.2. The van der Waals surface area contributed by atoms with Gasteiger partial charge in [0.05, 0.1) is 24.9 Å². The Morgan fingerprint density at radius 2 is 2.08 bits per heavy atom. The second-order valence-corrected chi connectivity index (χ2v) is 8.08. The van der Waals surface area contributed by atoms with E-state index in [0.717, 1.165) is 12.8 Å². The molecule has 1 aromatic carbocycles. The standard InChI is InChI=1S/C18H23NO5S/c1-3-23-18(20)16-12-19(9-8-17(16)24-25(2,21)22)11-14-10-13-6-4-5-7-15(13)14/h4-7,10,16-17H,3,8-9,11-12H2,1-2H3/t16-,17-/m0/s1. The number of piperidine rings is 1. The van der Waals surface area contributed by atoms with Crippen LogP contribution in [0, 0.1) is 5.92 Å². The number of hydrogen-bond donors (Lipinski definition) is 0. The third-order valence-electron chi connectivity index (χ3n) is 4.55. The van der Waals surface area contributed by atoms with Crippen molar-refractivity contribution in [2.75, 3.05) is 32.5 Å². The third-order valence-corrected chi connectivity index (χ3v) is 5.15. The van der Waals surface area contributed by atoms with Crippen LogP contribution in [-0.2, 0) is 23.8 Å². The van der Waals surface area contributed by atoms with E-state index in [9.17, 15) is 13.2 Å². The zero-order chi connectivity index (χ0) is 18.0. The van der Waals surface area contributed by atoms with Gasteiger partial charge in [0.2, 0.25) is 0 Å². The van der Waals surface area contributed by atoms with Crippen LogP contribution in [-0.4, -0.2) is 57.9 Å². The SMILES string of the molecule is CCOC(=O)[C@H]1CN(CC2=c3ccccc3=C2)CC[C@@H]1OS(C)(=O)=O. The van der Waals surface area contributed by atoms with Crippen LogP contribution in [0.5, 0.6) is 0 Å². The Labute approximate surface area is 147 Å². The molecular weight excluding hydrogens is 342 g/mol. The highest BCUT2D eigenvalue weighted by Crippen LogP contribution is 2.24. The van der Waals surface area contributed by atoms with Gasteiger partial charge in [0, 0.05) is 19.6 Å². The fourth-order valence-corrected chi connectivity index (χ4v) is 4.11. The van der Waals surface area contributed by atoms with Gasteiger partial charge >= 0.3 is 5.97 Å². The number of likely N-dealkylation sites (tertiary alicyclic amines) is 1. The molecule has 0 saturated carbocycles. The minimum Gasteiger partial charge on any atom is -0.466 e. The number of carbonyl (C=O) groups excluding carboxylic acids is 1. The van der Waals surface area contributed by atoms with Crippen LogP contribution >= 0.6 is 0 Å². The van der Waals surface area contributed by atoms with Crippen LogP contribution in [0.2, 0.25) is 0 Å². The summed E-state index contributed by atoms with van der Waals surface area (Å²) in [5.41, 5.74) is 1.24. The van der Waals surface area contributed by atoms with E-state index in [-0.39, 0.29) is 6.61 Å². The highest BCUT2D eigenvalue weighted by Gasteiger charge is 2.38. The largest absolute Gasteiger partial charge is 0.466 e. The summed E-state index contributed by atoms with van der Waals surface area (Å²) in [4.78, 5) is 14.4. The van der Waals surface area contributed by atoms with Gasteiger partial charge in [-0.1, -0.05) is 24.3 Å². The molecule has 1 aliphatic carbocycles. The van der Waals surface area contributed by atoms with E-state index < -0.39 is 28.1 Å². The Kier molecular flexibility index (Phi) is 5.27. The lowest BCUT2D eigenvalue weighted by molar-refractivity contribution is -0.154. The third kappa shape index (κ3) is 4.29. The second kappa shape index (κ2) is 7.27. The number of ether oxygens (including phenoxy) is 1. The number of nitrogens with zero attached hydrogens (tertiary/aromatic N) is 1. The van der Waals surface area contributed by atoms with Gasteiger partial charge in [-0.25, -0.2) is 0 Å². The minimum absolute atomic E-state index is 0.263. The molecule has 25 heavy (non-hydrogen) atoms. The summed E-state index contributed by atoms with van der Waals surface area (Å²) in [5, 5.41) is 2.47. The van der Waals surface area contributed by atoms with Crippen molar-refractivity contribution in [1.29, 1.82) is 0 Å². The first kappa shape index (κ1) is 18.1. The van der Waals surface area contributed by atoms with E-state index in [0.29, 0.717) is 19.5 Å². The number of hydrogen-bond acceptors (Lipinski definition) is 6. The normalized spacial score (nSPS) is 23.4. The average Bonchev–Trinajstić information content (AvgIpc) is 2.52. The fraction of sp³-hybridized carbons (Fsp3) is 0.500. The van der Waals surface area contributed by atoms with E-state index in [4.69, 9.17) is 8.92 Å². The van der Waals surface area contributed by atoms with Gasteiger partial charge in [0.1, 0.15) is 0 Å². The summed E-state index contributed by atoms with van der Waals surface area (Å²) in [7, 11) is -3.62. The molecule has 3 rings (SSSR count). The van der Waals surface area contributed by atoms with Gasteiger partial charge in [-0.3, -0.25) is 13.9 Å². The summed E-state index contributed by atoms with van der Waals surface area (Å²) >= 11 is 0. The molecule has 1 heterocycles. The van der Waals surface area contributed by atoms with E-state index in [1.807, 2.05) is 12.1 Å². The van der Waals surface area contributed by atoms with Gasteiger partial charge in [-0.05, 0) is 35.4 Å². The summed E-state index contributed by atoms with van der Waals surface area (Å²) in [6, 6.07) is 8.19. The summed E-state index contributed by atoms with van der Waals surface area (Å²) in [6.07, 6.45) is 2.98. The van der Waals surface area contributed by atoms with Crippen molar-refractivity contribution < 1.29 is 22.1 Å². The molecule has 0 unspecified atom stereocenters. The quantitative estimate of drug-likeness (QED) is 0.516. The van der Waals surface area contributed by atoms with Crippen molar-refractivity contribution >= 4 is 27.7 Å². The first-order valence-electron chi connectivity index (χ1n) is 8.44. The zero-order valence-electron chi connectivity index (χ0n) is 14.5. The van der Waals surface area contributed by atoms with Gasteiger partial charge in [-0.2, -0.15) is 8.42 Å². The molecule has 7 heteroatoms. The first-order chi connectivity index (χ1) is 11.9. The van der Waals surface area contributed by atoms with Crippen LogP contribution in [0.4, 0.5) is 0 Å². The lowest BCUT2D eigenvalue weighted by Gasteiger charge is -2.37. The van der Waals surface area contributed by atoms with Crippen LogP contribution in [0.3, 0.4) is 0 Å². The molecule has 1 fully saturated rings. The van der Waals surface area contributed by atoms with Crippen molar-refractivity contribution in [2.45, 2.75) is 19.4 Å². The second-order valence-electron chi connectivity index (χ2n) is 6.48. The van der Waals surface area contributed by atoms with Gasteiger partial charge in [0.25, 0.3) is 10.1 Å². The molecule has 0 bridgehead atoms. The lowest BCUT2D eigenvalue weighted by Crippen LogP contribution is -2.50. The van der Waals surface area contributed by atoms with E-state index in [1.165, 1.54) is 16.0 Å².